The van der Waals surface area contributed by atoms with Crippen LogP contribution in [-0.4, -0.2) is 18.9 Å². The van der Waals surface area contributed by atoms with E-state index in [1.54, 1.807) is 0 Å². The normalized spacial score (nSPS) is 13.5. The van der Waals surface area contributed by atoms with Crippen molar-refractivity contribution >= 4 is 18.9 Å². The number of unbranched alkanes of at least 4 members (excludes halogenated alkanes) is 7. The number of aldehydes is 3. The molecule has 0 aliphatic rings. The molecule has 0 saturated carbocycles. The zero-order chi connectivity index (χ0) is 16.5. The van der Waals surface area contributed by atoms with E-state index >= 15 is 0 Å². The number of hydrogen-bond acceptors (Lipinski definition) is 3. The quantitative estimate of drug-likeness (QED) is 0.283. The molecule has 0 aliphatic carbocycles. The fourth-order valence-corrected chi connectivity index (χ4v) is 2.81. The van der Waals surface area contributed by atoms with Gasteiger partial charge in [-0.3, -0.25) is 0 Å². The summed E-state index contributed by atoms with van der Waals surface area (Å²) in [7, 11) is 0. The molecule has 0 spiro atoms. The van der Waals surface area contributed by atoms with Crippen LogP contribution >= 0.6 is 0 Å². The van der Waals surface area contributed by atoms with Crippen LogP contribution in [0.2, 0.25) is 0 Å². The third kappa shape index (κ3) is 12.7. The Morgan fingerprint density at radius 1 is 0.636 bits per heavy atom. The highest BCUT2D eigenvalue weighted by Crippen LogP contribution is 2.18. The van der Waals surface area contributed by atoms with Crippen molar-refractivity contribution in [2.75, 3.05) is 0 Å². The highest BCUT2D eigenvalue weighted by Gasteiger charge is 2.09. The number of hydrogen-bond donors (Lipinski definition) is 0. The fourth-order valence-electron chi connectivity index (χ4n) is 2.81. The third-order valence-electron chi connectivity index (χ3n) is 4.46. The van der Waals surface area contributed by atoms with Gasteiger partial charge in [0.25, 0.3) is 0 Å². The second-order valence-corrected chi connectivity index (χ2v) is 6.35. The predicted octanol–water partition coefficient (Wildman–Crippen LogP) is 4.91. The summed E-state index contributed by atoms with van der Waals surface area (Å²) >= 11 is 0. The first kappa shape index (κ1) is 21.0. The van der Waals surface area contributed by atoms with E-state index < -0.39 is 0 Å². The van der Waals surface area contributed by atoms with E-state index in [0.717, 1.165) is 70.2 Å². The van der Waals surface area contributed by atoms with Crippen molar-refractivity contribution in [1.29, 1.82) is 0 Å². The van der Waals surface area contributed by atoms with Crippen LogP contribution in [0.1, 0.15) is 90.4 Å². The molecule has 0 aromatic heterocycles. The minimum atomic E-state index is 0.173. The average molecular weight is 310 g/mol. The predicted molar refractivity (Wildman–Crippen MR) is 90.9 cm³/mol. The van der Waals surface area contributed by atoms with Crippen LogP contribution in [0.5, 0.6) is 0 Å². The molecule has 0 N–H and O–H groups in total. The molecular formula is C19H34O3. The fraction of sp³-hybridized carbons (Fsp3) is 0.842. The van der Waals surface area contributed by atoms with Crippen molar-refractivity contribution in [3.05, 3.63) is 0 Å². The molecule has 0 aliphatic heterocycles. The van der Waals surface area contributed by atoms with E-state index in [2.05, 4.69) is 0 Å². The van der Waals surface area contributed by atoms with Crippen molar-refractivity contribution in [2.24, 2.45) is 11.8 Å². The summed E-state index contributed by atoms with van der Waals surface area (Å²) in [5.41, 5.74) is 0. The highest BCUT2D eigenvalue weighted by molar-refractivity contribution is 5.54. The van der Waals surface area contributed by atoms with Crippen LogP contribution in [0.25, 0.3) is 0 Å². The lowest BCUT2D eigenvalue weighted by Crippen LogP contribution is -2.05. The zero-order valence-corrected chi connectivity index (χ0v) is 14.3. The van der Waals surface area contributed by atoms with Gasteiger partial charge in [-0.05, 0) is 32.1 Å². The Bertz CT molecular complexity index is 276. The monoisotopic (exact) mass is 310 g/mol. The summed E-state index contributed by atoms with van der Waals surface area (Å²) in [4.78, 5) is 32.0. The lowest BCUT2D eigenvalue weighted by Gasteiger charge is -2.11. The van der Waals surface area contributed by atoms with Crippen molar-refractivity contribution in [3.63, 3.8) is 0 Å². The summed E-state index contributed by atoms with van der Waals surface area (Å²) in [6, 6.07) is 0. The van der Waals surface area contributed by atoms with Crippen molar-refractivity contribution < 1.29 is 14.4 Å². The molecule has 0 saturated heterocycles. The summed E-state index contributed by atoms with van der Waals surface area (Å²) in [5.74, 6) is 0.350. The molecule has 3 heteroatoms. The molecule has 0 fully saturated rings. The molecule has 0 aromatic carbocycles. The standard InChI is InChI=1S/C19H34O3/c1-2-18(16-21)13-11-14-19(17-22)12-9-7-5-3-4-6-8-10-15-20/h15-19H,2-14H2,1H3. The highest BCUT2D eigenvalue weighted by atomic mass is 16.1. The van der Waals surface area contributed by atoms with E-state index in [-0.39, 0.29) is 11.8 Å². The van der Waals surface area contributed by atoms with Crippen LogP contribution < -0.4 is 0 Å². The number of rotatable bonds is 17. The van der Waals surface area contributed by atoms with Gasteiger partial charge in [-0.15, -0.1) is 0 Å². The molecule has 2 unspecified atom stereocenters. The summed E-state index contributed by atoms with van der Waals surface area (Å²) in [6.07, 6.45) is 16.8. The Labute approximate surface area is 136 Å². The summed E-state index contributed by atoms with van der Waals surface area (Å²) in [6.45, 7) is 2.04. The molecule has 0 radical (unpaired) electrons. The smallest absolute Gasteiger partial charge is 0.123 e. The molecular weight excluding hydrogens is 276 g/mol. The van der Waals surface area contributed by atoms with Gasteiger partial charge < -0.3 is 14.4 Å². The maximum atomic E-state index is 11.1. The van der Waals surface area contributed by atoms with Gasteiger partial charge in [-0.2, -0.15) is 0 Å². The number of carbonyl (C=O) groups excluding carboxylic acids is 3. The van der Waals surface area contributed by atoms with Crippen LogP contribution in [0.3, 0.4) is 0 Å². The van der Waals surface area contributed by atoms with Gasteiger partial charge in [0.1, 0.15) is 18.9 Å². The SMILES string of the molecule is CCC(C=O)CCCC(C=O)CCCCCCCCCC=O. The summed E-state index contributed by atoms with van der Waals surface area (Å²) in [5, 5.41) is 0. The molecule has 22 heavy (non-hydrogen) atoms. The van der Waals surface area contributed by atoms with E-state index in [9.17, 15) is 14.4 Å². The second-order valence-electron chi connectivity index (χ2n) is 6.35. The first-order valence-corrected chi connectivity index (χ1v) is 9.12. The minimum absolute atomic E-state index is 0.173. The van der Waals surface area contributed by atoms with Crippen LogP contribution in [-0.2, 0) is 14.4 Å². The molecule has 0 bridgehead atoms. The largest absolute Gasteiger partial charge is 0.303 e. The lowest BCUT2D eigenvalue weighted by atomic mass is 9.93. The topological polar surface area (TPSA) is 51.2 Å². The Morgan fingerprint density at radius 2 is 1.14 bits per heavy atom. The average Bonchev–Trinajstić information content (AvgIpc) is 2.55. The lowest BCUT2D eigenvalue weighted by molar-refractivity contribution is -0.111. The van der Waals surface area contributed by atoms with E-state index in [1.165, 1.54) is 25.7 Å². The van der Waals surface area contributed by atoms with Gasteiger partial charge in [0, 0.05) is 18.3 Å². The van der Waals surface area contributed by atoms with Gasteiger partial charge in [-0.1, -0.05) is 51.9 Å². The molecule has 0 heterocycles. The second kappa shape index (κ2) is 16.4. The van der Waals surface area contributed by atoms with Gasteiger partial charge in [0.15, 0.2) is 0 Å². The van der Waals surface area contributed by atoms with Crippen LogP contribution in [0.15, 0.2) is 0 Å². The van der Waals surface area contributed by atoms with E-state index in [4.69, 9.17) is 0 Å². The maximum Gasteiger partial charge on any atom is 0.123 e. The van der Waals surface area contributed by atoms with Crippen molar-refractivity contribution in [1.82, 2.24) is 0 Å². The van der Waals surface area contributed by atoms with Crippen LogP contribution in [0.4, 0.5) is 0 Å². The molecule has 2 atom stereocenters. The minimum Gasteiger partial charge on any atom is -0.303 e. The molecule has 0 aromatic rings. The van der Waals surface area contributed by atoms with Crippen molar-refractivity contribution in [3.8, 4) is 0 Å². The Kier molecular flexibility index (Phi) is 15.6. The molecule has 128 valence electrons. The number of carbonyl (C=O) groups is 3. The Hall–Kier alpha value is -0.990. The third-order valence-corrected chi connectivity index (χ3v) is 4.46. The first-order valence-electron chi connectivity index (χ1n) is 9.12. The van der Waals surface area contributed by atoms with Crippen LogP contribution in [0, 0.1) is 11.8 Å². The Morgan fingerprint density at radius 3 is 1.68 bits per heavy atom. The van der Waals surface area contributed by atoms with Gasteiger partial charge in [0.2, 0.25) is 0 Å². The molecule has 0 rings (SSSR count). The Balaban J connectivity index is 3.47. The van der Waals surface area contributed by atoms with Gasteiger partial charge >= 0.3 is 0 Å². The van der Waals surface area contributed by atoms with Gasteiger partial charge in [0.05, 0.1) is 0 Å². The molecule has 3 nitrogen and oxygen atoms in total. The first-order chi connectivity index (χ1) is 10.8. The molecule has 0 amide bonds. The maximum absolute atomic E-state index is 11.1. The summed E-state index contributed by atoms with van der Waals surface area (Å²) < 4.78 is 0. The zero-order valence-electron chi connectivity index (χ0n) is 14.3. The van der Waals surface area contributed by atoms with Crippen molar-refractivity contribution in [2.45, 2.75) is 90.4 Å². The van der Waals surface area contributed by atoms with E-state index in [1.807, 2.05) is 6.92 Å². The van der Waals surface area contributed by atoms with Gasteiger partial charge in [-0.25, -0.2) is 0 Å². The van der Waals surface area contributed by atoms with E-state index in [0.29, 0.717) is 6.42 Å².